The number of aliphatic carboxylic acids is 1. The lowest BCUT2D eigenvalue weighted by Gasteiger charge is -2.24. The highest BCUT2D eigenvalue weighted by atomic mass is 32.2. The molecule has 0 radical (unpaired) electrons. The van der Waals surface area contributed by atoms with Gasteiger partial charge in [-0.1, -0.05) is 0 Å². The number of carboxylic acids is 1. The maximum atomic E-state index is 12.8. The van der Waals surface area contributed by atoms with Crippen LogP contribution in [0.15, 0.2) is 4.99 Å². The number of nitrogens with one attached hydrogen (secondary N) is 3. The van der Waals surface area contributed by atoms with E-state index in [2.05, 4.69) is 20.9 Å². The van der Waals surface area contributed by atoms with Crippen molar-refractivity contribution in [2.45, 2.75) is 43.8 Å². The minimum atomic E-state index is -1.19. The largest absolute Gasteiger partial charge is 0.480 e. The highest BCUT2D eigenvalue weighted by molar-refractivity contribution is 7.98. The van der Waals surface area contributed by atoms with Crippen LogP contribution in [0.3, 0.4) is 0 Å². The number of nitrogens with two attached hydrogens (primary N) is 3. The highest BCUT2D eigenvalue weighted by Gasteiger charge is 2.27. The zero-order chi connectivity index (χ0) is 24.5. The SMILES string of the molecule is CSCCC(NC(=O)C(N)CCCN=C(N)N)C(=O)NC(CCSC)C(=O)NCC(=O)O. The minimum absolute atomic E-state index is 0.0414. The van der Waals surface area contributed by atoms with E-state index in [1.807, 2.05) is 12.5 Å². The van der Waals surface area contributed by atoms with Gasteiger partial charge in [-0.05, 0) is 49.7 Å². The van der Waals surface area contributed by atoms with Crippen molar-refractivity contribution in [1.29, 1.82) is 0 Å². The van der Waals surface area contributed by atoms with Crippen LogP contribution in [0.4, 0.5) is 0 Å². The van der Waals surface area contributed by atoms with Crippen molar-refractivity contribution in [3.63, 3.8) is 0 Å². The molecule has 0 heterocycles. The Bertz CT molecular complexity index is 647. The van der Waals surface area contributed by atoms with Gasteiger partial charge in [0.05, 0.1) is 6.04 Å². The maximum absolute atomic E-state index is 12.8. The molecule has 0 aliphatic rings. The van der Waals surface area contributed by atoms with Gasteiger partial charge in [0.1, 0.15) is 18.6 Å². The number of rotatable bonds is 17. The van der Waals surface area contributed by atoms with Crippen LogP contribution >= 0.6 is 23.5 Å². The van der Waals surface area contributed by atoms with Crippen molar-refractivity contribution in [1.82, 2.24) is 16.0 Å². The predicted molar refractivity (Wildman–Crippen MR) is 128 cm³/mol. The lowest BCUT2D eigenvalue weighted by molar-refractivity contribution is -0.138. The lowest BCUT2D eigenvalue weighted by atomic mass is 10.1. The summed E-state index contributed by atoms with van der Waals surface area (Å²) < 4.78 is 0. The summed E-state index contributed by atoms with van der Waals surface area (Å²) in [6, 6.07) is -2.65. The molecule has 0 bridgehead atoms. The molecule has 3 unspecified atom stereocenters. The number of hydrogen-bond donors (Lipinski definition) is 7. The second-order valence-electron chi connectivity index (χ2n) is 6.85. The molecule has 0 saturated heterocycles. The Morgan fingerprint density at radius 1 is 0.906 bits per heavy atom. The first-order valence-electron chi connectivity index (χ1n) is 10.0. The number of amides is 3. The van der Waals surface area contributed by atoms with Gasteiger partial charge >= 0.3 is 5.97 Å². The van der Waals surface area contributed by atoms with Crippen LogP contribution in [0.1, 0.15) is 25.7 Å². The van der Waals surface area contributed by atoms with Crippen LogP contribution in [-0.2, 0) is 19.2 Å². The van der Waals surface area contributed by atoms with E-state index in [9.17, 15) is 19.2 Å². The Hall–Kier alpha value is -2.19. The van der Waals surface area contributed by atoms with Crippen LogP contribution < -0.4 is 33.2 Å². The molecule has 14 heteroatoms. The Morgan fingerprint density at radius 2 is 1.44 bits per heavy atom. The Kier molecular flexibility index (Phi) is 16.2. The van der Waals surface area contributed by atoms with Gasteiger partial charge in [0.2, 0.25) is 17.7 Å². The van der Waals surface area contributed by atoms with E-state index >= 15 is 0 Å². The fourth-order valence-corrected chi connectivity index (χ4v) is 3.44. The first-order valence-corrected chi connectivity index (χ1v) is 12.8. The summed E-state index contributed by atoms with van der Waals surface area (Å²) in [4.78, 5) is 52.2. The van der Waals surface area contributed by atoms with Gasteiger partial charge in [-0.3, -0.25) is 24.2 Å². The third kappa shape index (κ3) is 14.0. The zero-order valence-electron chi connectivity index (χ0n) is 18.5. The van der Waals surface area contributed by atoms with Crippen LogP contribution in [0.2, 0.25) is 0 Å². The lowest BCUT2D eigenvalue weighted by Crippen LogP contribution is -2.56. The Morgan fingerprint density at radius 3 is 1.94 bits per heavy atom. The van der Waals surface area contributed by atoms with Crippen LogP contribution in [0, 0.1) is 0 Å². The van der Waals surface area contributed by atoms with E-state index < -0.39 is 48.4 Å². The van der Waals surface area contributed by atoms with Crippen molar-refractivity contribution >= 4 is 53.2 Å². The topological polar surface area (TPSA) is 215 Å². The maximum Gasteiger partial charge on any atom is 0.322 e. The molecular weight excluding hydrogens is 458 g/mol. The molecule has 12 nitrogen and oxygen atoms in total. The molecule has 0 saturated carbocycles. The summed E-state index contributed by atoms with van der Waals surface area (Å²) in [5.41, 5.74) is 16.4. The number of thioether (sulfide) groups is 2. The molecule has 10 N–H and O–H groups in total. The number of carboxylic acid groups (broad SMARTS) is 1. The quantitative estimate of drug-likeness (QED) is 0.0674. The molecule has 0 aromatic heterocycles. The zero-order valence-corrected chi connectivity index (χ0v) is 20.1. The van der Waals surface area contributed by atoms with Gasteiger partial charge in [-0.2, -0.15) is 23.5 Å². The van der Waals surface area contributed by atoms with Crippen molar-refractivity contribution < 1.29 is 24.3 Å². The Balaban J connectivity index is 5.05. The predicted octanol–water partition coefficient (Wildman–Crippen LogP) is -1.96. The molecule has 0 aromatic carbocycles. The molecule has 3 atom stereocenters. The number of guanidine groups is 1. The number of aliphatic imine (C=N–C) groups is 1. The van der Waals surface area contributed by atoms with Gasteiger partial charge in [0.25, 0.3) is 0 Å². The number of carbonyl (C=O) groups excluding carboxylic acids is 3. The van der Waals surface area contributed by atoms with Gasteiger partial charge in [0, 0.05) is 6.54 Å². The molecule has 32 heavy (non-hydrogen) atoms. The Labute approximate surface area is 196 Å². The van der Waals surface area contributed by atoms with Crippen molar-refractivity contribution in [3.8, 4) is 0 Å². The van der Waals surface area contributed by atoms with E-state index in [4.69, 9.17) is 22.3 Å². The smallest absolute Gasteiger partial charge is 0.322 e. The molecule has 0 aromatic rings. The fourth-order valence-electron chi connectivity index (χ4n) is 2.50. The molecule has 3 amide bonds. The normalized spacial score (nSPS) is 13.3. The fraction of sp³-hybridized carbons (Fsp3) is 0.722. The van der Waals surface area contributed by atoms with Gasteiger partial charge in [-0.25, -0.2) is 0 Å². The van der Waals surface area contributed by atoms with Gasteiger partial charge < -0.3 is 38.3 Å². The number of hydrogen-bond acceptors (Lipinski definition) is 8. The highest BCUT2D eigenvalue weighted by Crippen LogP contribution is 2.06. The van der Waals surface area contributed by atoms with Crippen molar-refractivity contribution in [2.75, 3.05) is 37.1 Å². The van der Waals surface area contributed by atoms with E-state index in [0.717, 1.165) is 0 Å². The minimum Gasteiger partial charge on any atom is -0.480 e. The molecule has 0 aliphatic heterocycles. The van der Waals surface area contributed by atoms with Gasteiger partial charge in [0.15, 0.2) is 5.96 Å². The molecular formula is C18H35N7O5S2. The third-order valence-electron chi connectivity index (χ3n) is 4.21. The average molecular weight is 494 g/mol. The number of carbonyl (C=O) groups is 4. The van der Waals surface area contributed by atoms with Crippen LogP contribution in [0.25, 0.3) is 0 Å². The summed E-state index contributed by atoms with van der Waals surface area (Å²) in [6.45, 7) is -0.214. The average Bonchev–Trinajstić information content (AvgIpc) is 2.74. The molecule has 0 spiro atoms. The van der Waals surface area contributed by atoms with E-state index in [1.165, 1.54) is 23.5 Å². The van der Waals surface area contributed by atoms with E-state index in [0.29, 0.717) is 43.7 Å². The number of nitrogens with zero attached hydrogens (tertiary/aromatic N) is 1. The monoisotopic (exact) mass is 493 g/mol. The first-order chi connectivity index (χ1) is 15.1. The van der Waals surface area contributed by atoms with Gasteiger partial charge in [-0.15, -0.1) is 0 Å². The molecule has 0 rings (SSSR count). The standard InChI is InChI=1S/C18H35N7O5S2/c1-31-8-5-12(16(29)23-10-14(26)27)25-17(30)13(6-9-32-2)24-15(28)11(19)4-3-7-22-18(20)21/h11-13H,3-10,19H2,1-2H3,(H,23,29)(H,24,28)(H,25,30)(H,26,27)(H4,20,21,22). The van der Waals surface area contributed by atoms with E-state index in [1.54, 1.807) is 0 Å². The van der Waals surface area contributed by atoms with E-state index in [-0.39, 0.29) is 5.96 Å². The summed E-state index contributed by atoms with van der Waals surface area (Å²) in [6.07, 6.45) is 5.19. The third-order valence-corrected chi connectivity index (χ3v) is 5.49. The molecule has 0 fully saturated rings. The second-order valence-corrected chi connectivity index (χ2v) is 8.82. The molecule has 0 aliphatic carbocycles. The van der Waals surface area contributed by atoms with Crippen LogP contribution in [0.5, 0.6) is 0 Å². The summed E-state index contributed by atoms with van der Waals surface area (Å²) in [5, 5.41) is 16.3. The summed E-state index contributed by atoms with van der Waals surface area (Å²) >= 11 is 2.99. The van der Waals surface area contributed by atoms with Crippen molar-refractivity contribution in [3.05, 3.63) is 0 Å². The van der Waals surface area contributed by atoms with Crippen molar-refractivity contribution in [2.24, 2.45) is 22.2 Å². The summed E-state index contributed by atoms with van der Waals surface area (Å²) in [5.74, 6) is -1.68. The first kappa shape index (κ1) is 29.8. The second kappa shape index (κ2) is 17.4. The molecule has 184 valence electrons. The summed E-state index contributed by atoms with van der Waals surface area (Å²) in [7, 11) is 0. The van der Waals surface area contributed by atoms with Crippen LogP contribution in [-0.4, -0.2) is 90.0 Å².